The van der Waals surface area contributed by atoms with Gasteiger partial charge in [-0.15, -0.1) is 0 Å². The molecule has 180 valence electrons. The Morgan fingerprint density at radius 3 is 2.80 bits per heavy atom. The van der Waals surface area contributed by atoms with Gasteiger partial charge in [0.1, 0.15) is 11.5 Å². The average Bonchev–Trinajstić information content (AvgIpc) is 3.51. The Bertz CT molecular complexity index is 1400. The minimum Gasteiger partial charge on any atom is -0.494 e. The summed E-state index contributed by atoms with van der Waals surface area (Å²) in [7, 11) is 3.20. The predicted molar refractivity (Wildman–Crippen MR) is 128 cm³/mol. The van der Waals surface area contributed by atoms with E-state index in [1.165, 1.54) is 13.2 Å². The number of carbonyl (C=O) groups is 1. The molecule has 4 heterocycles. The second kappa shape index (κ2) is 9.30. The number of nitrogens with one attached hydrogen (secondary N) is 1. The number of primary amides is 1. The number of amides is 1. The molecule has 0 radical (unpaired) electrons. The molecule has 9 nitrogen and oxygen atoms in total. The zero-order chi connectivity index (χ0) is 24.5. The third kappa shape index (κ3) is 4.52. The van der Waals surface area contributed by atoms with Gasteiger partial charge in [-0.3, -0.25) is 9.48 Å². The Morgan fingerprint density at radius 2 is 2.14 bits per heavy atom. The van der Waals surface area contributed by atoms with Crippen LogP contribution in [0.3, 0.4) is 0 Å². The molecule has 2 atom stereocenters. The molecular weight excluding hydrogens is 451 g/mol. The first-order chi connectivity index (χ1) is 16.9. The number of fused-ring (bicyclic) bond motifs is 1. The van der Waals surface area contributed by atoms with Crippen molar-refractivity contribution in [1.29, 1.82) is 0 Å². The first kappa shape index (κ1) is 22.7. The molecular formula is C25H25FN6O3. The fourth-order valence-electron chi connectivity index (χ4n) is 4.44. The molecule has 4 aromatic rings. The summed E-state index contributed by atoms with van der Waals surface area (Å²) in [6, 6.07) is 8.49. The summed E-state index contributed by atoms with van der Waals surface area (Å²) >= 11 is 0. The van der Waals surface area contributed by atoms with E-state index in [-0.39, 0.29) is 17.5 Å². The highest BCUT2D eigenvalue weighted by Crippen LogP contribution is 2.36. The van der Waals surface area contributed by atoms with Gasteiger partial charge in [-0.05, 0) is 35.7 Å². The topological polar surface area (TPSA) is 117 Å². The number of methoxy groups -OCH3 is 1. The van der Waals surface area contributed by atoms with Crippen LogP contribution in [-0.4, -0.2) is 52.0 Å². The van der Waals surface area contributed by atoms with Crippen molar-refractivity contribution in [2.45, 2.75) is 18.4 Å². The minimum absolute atomic E-state index is 0.101. The van der Waals surface area contributed by atoms with Crippen molar-refractivity contribution in [2.75, 3.05) is 25.6 Å². The maximum Gasteiger partial charge on any atom is 0.267 e. The number of benzene rings is 1. The van der Waals surface area contributed by atoms with E-state index in [1.807, 2.05) is 12.3 Å². The third-order valence-corrected chi connectivity index (χ3v) is 6.12. The van der Waals surface area contributed by atoms with Crippen molar-refractivity contribution in [1.82, 2.24) is 19.7 Å². The normalized spacial score (nSPS) is 16.4. The maximum atomic E-state index is 14.7. The number of rotatable bonds is 7. The lowest BCUT2D eigenvalue weighted by Gasteiger charge is -2.20. The van der Waals surface area contributed by atoms with Gasteiger partial charge >= 0.3 is 0 Å². The molecule has 1 aromatic carbocycles. The number of pyridine rings is 2. The first-order valence-corrected chi connectivity index (χ1v) is 11.2. The summed E-state index contributed by atoms with van der Waals surface area (Å²) in [4.78, 5) is 21.7. The van der Waals surface area contributed by atoms with Crippen LogP contribution < -0.4 is 15.8 Å². The van der Waals surface area contributed by atoms with Gasteiger partial charge in [0.05, 0.1) is 31.5 Å². The van der Waals surface area contributed by atoms with Gasteiger partial charge in [-0.1, -0.05) is 6.07 Å². The SMILES string of the molecule is COc1ccc([C@@H](c2cnn(C)c2)c2cc3cnc(N[C@@H]4CCOC4)cc3nc2C(N)=O)cc1F. The monoisotopic (exact) mass is 476 g/mol. The first-order valence-electron chi connectivity index (χ1n) is 11.2. The van der Waals surface area contributed by atoms with Gasteiger partial charge in [0, 0.05) is 49.0 Å². The minimum atomic E-state index is -0.680. The largest absolute Gasteiger partial charge is 0.494 e. The lowest BCUT2D eigenvalue weighted by molar-refractivity contribution is 0.0995. The van der Waals surface area contributed by atoms with E-state index in [4.69, 9.17) is 15.2 Å². The number of aromatic nitrogens is 4. The smallest absolute Gasteiger partial charge is 0.267 e. The van der Waals surface area contributed by atoms with Crippen molar-refractivity contribution in [2.24, 2.45) is 12.8 Å². The van der Waals surface area contributed by atoms with Crippen molar-refractivity contribution < 1.29 is 18.7 Å². The Balaban J connectivity index is 1.65. The molecule has 3 aromatic heterocycles. The van der Waals surface area contributed by atoms with Crippen molar-refractivity contribution >= 4 is 22.6 Å². The van der Waals surface area contributed by atoms with Crippen LogP contribution in [0, 0.1) is 5.82 Å². The lowest BCUT2D eigenvalue weighted by atomic mass is 9.85. The van der Waals surface area contributed by atoms with Crippen molar-refractivity contribution in [3.05, 3.63) is 77.1 Å². The van der Waals surface area contributed by atoms with E-state index in [1.54, 1.807) is 42.3 Å². The average molecular weight is 477 g/mol. The number of anilines is 1. The van der Waals surface area contributed by atoms with Gasteiger partial charge in [0.2, 0.25) is 0 Å². The molecule has 1 fully saturated rings. The number of ether oxygens (including phenoxy) is 2. The van der Waals surface area contributed by atoms with E-state index in [2.05, 4.69) is 20.4 Å². The summed E-state index contributed by atoms with van der Waals surface area (Å²) in [5, 5.41) is 8.33. The molecule has 3 N–H and O–H groups in total. The van der Waals surface area contributed by atoms with Crippen LogP contribution in [0.5, 0.6) is 5.75 Å². The summed E-state index contributed by atoms with van der Waals surface area (Å²) < 4.78 is 26.8. The van der Waals surface area contributed by atoms with Crippen LogP contribution in [-0.2, 0) is 11.8 Å². The quantitative estimate of drug-likeness (QED) is 0.421. The summed E-state index contributed by atoms with van der Waals surface area (Å²) in [6.07, 6.45) is 6.08. The number of hydrogen-bond donors (Lipinski definition) is 2. The number of hydrogen-bond acceptors (Lipinski definition) is 7. The Kier molecular flexibility index (Phi) is 6.04. The summed E-state index contributed by atoms with van der Waals surface area (Å²) in [5.41, 5.74) is 8.36. The molecule has 0 unspecified atom stereocenters. The van der Waals surface area contributed by atoms with Crippen LogP contribution in [0.2, 0.25) is 0 Å². The number of carbonyl (C=O) groups excluding carboxylic acids is 1. The molecule has 0 saturated carbocycles. The van der Waals surface area contributed by atoms with Crippen LogP contribution in [0.4, 0.5) is 10.2 Å². The molecule has 0 bridgehead atoms. The van der Waals surface area contributed by atoms with Gasteiger partial charge in [-0.2, -0.15) is 5.10 Å². The molecule has 1 amide bonds. The molecule has 0 aliphatic carbocycles. The zero-order valence-electron chi connectivity index (χ0n) is 19.4. The summed E-state index contributed by atoms with van der Waals surface area (Å²) in [5.74, 6) is -0.967. The molecule has 1 aliphatic heterocycles. The lowest BCUT2D eigenvalue weighted by Crippen LogP contribution is -2.20. The number of nitrogens with zero attached hydrogens (tertiary/aromatic N) is 4. The fraction of sp³-hybridized carbons (Fsp3) is 0.280. The van der Waals surface area contributed by atoms with E-state index >= 15 is 0 Å². The van der Waals surface area contributed by atoms with E-state index in [0.29, 0.717) is 35.7 Å². The highest BCUT2D eigenvalue weighted by Gasteiger charge is 2.26. The maximum absolute atomic E-state index is 14.7. The summed E-state index contributed by atoms with van der Waals surface area (Å²) in [6.45, 7) is 1.32. The zero-order valence-corrected chi connectivity index (χ0v) is 19.4. The molecule has 1 aliphatic rings. The molecule has 1 saturated heterocycles. The van der Waals surface area contributed by atoms with Gasteiger partial charge < -0.3 is 20.5 Å². The van der Waals surface area contributed by atoms with E-state index < -0.39 is 17.6 Å². The van der Waals surface area contributed by atoms with E-state index in [0.717, 1.165) is 17.4 Å². The highest BCUT2D eigenvalue weighted by molar-refractivity contribution is 5.96. The van der Waals surface area contributed by atoms with Gasteiger partial charge in [0.15, 0.2) is 11.6 Å². The molecule has 35 heavy (non-hydrogen) atoms. The van der Waals surface area contributed by atoms with Crippen LogP contribution in [0.15, 0.2) is 48.9 Å². The van der Waals surface area contributed by atoms with Crippen LogP contribution in [0.1, 0.15) is 39.5 Å². The van der Waals surface area contributed by atoms with Gasteiger partial charge in [0.25, 0.3) is 5.91 Å². The Morgan fingerprint density at radius 1 is 1.29 bits per heavy atom. The van der Waals surface area contributed by atoms with E-state index in [9.17, 15) is 9.18 Å². The van der Waals surface area contributed by atoms with Crippen molar-refractivity contribution in [3.63, 3.8) is 0 Å². The molecule has 10 heteroatoms. The Hall–Kier alpha value is -4.05. The standard InChI is InChI=1S/C25H25FN6O3/c1-32-12-16(11-29-32)23(14-3-4-21(34-2)19(26)8-14)18-7-15-10-28-22(30-17-5-6-35-13-17)9-20(15)31-24(18)25(27)33/h3-4,7-12,17,23H,5-6,13H2,1-2H3,(H2,27,33)(H,28,30)/t17-,23+/m1/s1. The fourth-order valence-corrected chi connectivity index (χ4v) is 4.44. The Labute approximate surface area is 201 Å². The third-order valence-electron chi connectivity index (χ3n) is 6.12. The second-order valence-electron chi connectivity index (χ2n) is 8.53. The van der Waals surface area contributed by atoms with Gasteiger partial charge in [-0.25, -0.2) is 14.4 Å². The predicted octanol–water partition coefficient (Wildman–Crippen LogP) is 2.99. The number of nitrogens with two attached hydrogens (primary N) is 1. The highest BCUT2D eigenvalue weighted by atomic mass is 19.1. The van der Waals surface area contributed by atoms with Crippen LogP contribution in [0.25, 0.3) is 10.9 Å². The molecule has 0 spiro atoms. The van der Waals surface area contributed by atoms with Crippen molar-refractivity contribution in [3.8, 4) is 5.75 Å². The number of halogens is 1. The number of aryl methyl sites for hydroxylation is 1. The second-order valence-corrected chi connectivity index (χ2v) is 8.53. The van der Waals surface area contributed by atoms with Crippen LogP contribution >= 0.6 is 0 Å². The molecule has 5 rings (SSSR count).